The van der Waals surface area contributed by atoms with Gasteiger partial charge in [-0.3, -0.25) is 0 Å². The van der Waals surface area contributed by atoms with Crippen molar-refractivity contribution in [3.8, 4) is 0 Å². The van der Waals surface area contributed by atoms with Crippen molar-refractivity contribution < 1.29 is 0 Å². The predicted molar refractivity (Wildman–Crippen MR) is 69.9 cm³/mol. The lowest BCUT2D eigenvalue weighted by Crippen LogP contribution is -2.39. The number of hydrogen-bond acceptors (Lipinski definition) is 3. The van der Waals surface area contributed by atoms with E-state index in [9.17, 15) is 0 Å². The fourth-order valence-electron chi connectivity index (χ4n) is 2.31. The third-order valence-electron chi connectivity index (χ3n) is 3.20. The largest absolute Gasteiger partial charge is 0.338 e. The first-order valence-corrected chi connectivity index (χ1v) is 7.17. The minimum atomic E-state index is 0.582. The minimum Gasteiger partial charge on any atom is -0.338 e. The van der Waals surface area contributed by atoms with Gasteiger partial charge in [-0.05, 0) is 25.1 Å². The fourth-order valence-corrected chi connectivity index (χ4v) is 3.70. The number of thioether (sulfide) groups is 1. The van der Waals surface area contributed by atoms with E-state index in [2.05, 4.69) is 40.6 Å². The van der Waals surface area contributed by atoms with Crippen LogP contribution in [0, 0.1) is 0 Å². The fraction of sp³-hybridized carbons (Fsp3) is 0.750. The van der Waals surface area contributed by atoms with E-state index in [1.54, 1.807) is 0 Å². The molecule has 16 heavy (non-hydrogen) atoms. The van der Waals surface area contributed by atoms with Crippen LogP contribution in [0.4, 0.5) is 0 Å². The molecule has 1 aliphatic rings. The Morgan fingerprint density at radius 2 is 2.56 bits per heavy atom. The Morgan fingerprint density at radius 3 is 3.12 bits per heavy atom. The molecular formula is C12H21N3S. The maximum atomic E-state index is 4.42. The van der Waals surface area contributed by atoms with Crippen LogP contribution in [0.2, 0.25) is 0 Å². The minimum absolute atomic E-state index is 0.582. The number of nitrogens with one attached hydrogen (secondary N) is 1. The van der Waals surface area contributed by atoms with Crippen LogP contribution in [-0.4, -0.2) is 33.1 Å². The number of nitrogens with zero attached hydrogens (tertiary/aromatic N) is 2. The monoisotopic (exact) mass is 239 g/mol. The first-order chi connectivity index (χ1) is 7.81. The average Bonchev–Trinajstić information content (AvgIpc) is 2.90. The molecule has 1 aromatic heterocycles. The molecule has 90 valence electrons. The van der Waals surface area contributed by atoms with Crippen molar-refractivity contribution in [3.05, 3.63) is 18.2 Å². The van der Waals surface area contributed by atoms with Gasteiger partial charge >= 0.3 is 0 Å². The van der Waals surface area contributed by atoms with Crippen LogP contribution in [0.15, 0.2) is 12.4 Å². The molecule has 4 heteroatoms. The summed E-state index contributed by atoms with van der Waals surface area (Å²) in [5.41, 5.74) is 0. The van der Waals surface area contributed by atoms with Gasteiger partial charge < -0.3 is 9.88 Å². The Hall–Kier alpha value is -0.480. The van der Waals surface area contributed by atoms with E-state index in [1.165, 1.54) is 24.4 Å². The number of hydrogen-bond donors (Lipinski definition) is 1. The van der Waals surface area contributed by atoms with Crippen molar-refractivity contribution in [1.82, 2.24) is 14.9 Å². The highest BCUT2D eigenvalue weighted by Gasteiger charge is 2.25. The lowest BCUT2D eigenvalue weighted by atomic mass is 10.1. The van der Waals surface area contributed by atoms with Gasteiger partial charge in [0.25, 0.3) is 0 Å². The zero-order chi connectivity index (χ0) is 11.4. The molecule has 2 heterocycles. The molecule has 2 rings (SSSR count). The molecule has 0 aliphatic carbocycles. The summed E-state index contributed by atoms with van der Waals surface area (Å²) >= 11 is 2.12. The highest BCUT2D eigenvalue weighted by Crippen LogP contribution is 2.29. The Bertz CT molecular complexity index is 318. The Kier molecular flexibility index (Phi) is 4.29. The molecule has 0 amide bonds. The molecule has 0 saturated carbocycles. The second kappa shape index (κ2) is 5.73. The number of rotatable bonds is 5. The average molecular weight is 239 g/mol. The maximum absolute atomic E-state index is 4.42. The number of imidazole rings is 1. The second-order valence-electron chi connectivity index (χ2n) is 4.37. The van der Waals surface area contributed by atoms with Crippen LogP contribution < -0.4 is 5.32 Å². The molecule has 0 aromatic carbocycles. The van der Waals surface area contributed by atoms with Crippen LogP contribution in [0.1, 0.15) is 25.6 Å². The van der Waals surface area contributed by atoms with Crippen LogP contribution >= 0.6 is 11.8 Å². The Balaban J connectivity index is 1.99. The molecule has 0 spiro atoms. The van der Waals surface area contributed by atoms with Gasteiger partial charge in [0, 0.05) is 37.2 Å². The standard InChI is InChI=1S/C12H21N3S/c1-3-13-10(11-5-4-8-16-11)9-12-14-6-7-15(12)2/h6-7,10-11,13H,3-5,8-9H2,1-2H3. The normalized spacial score (nSPS) is 22.5. The summed E-state index contributed by atoms with van der Waals surface area (Å²) in [6, 6.07) is 0.582. The van der Waals surface area contributed by atoms with Gasteiger partial charge in [-0.25, -0.2) is 4.98 Å². The first-order valence-electron chi connectivity index (χ1n) is 6.12. The summed E-state index contributed by atoms with van der Waals surface area (Å²) in [4.78, 5) is 4.42. The molecular weight excluding hydrogens is 218 g/mol. The Labute approximate surface area is 102 Å². The van der Waals surface area contributed by atoms with E-state index in [0.29, 0.717) is 6.04 Å². The highest BCUT2D eigenvalue weighted by atomic mass is 32.2. The van der Waals surface area contributed by atoms with E-state index in [1.807, 2.05) is 12.4 Å². The van der Waals surface area contributed by atoms with Crippen molar-refractivity contribution >= 4 is 11.8 Å². The molecule has 0 radical (unpaired) electrons. The van der Waals surface area contributed by atoms with Crippen molar-refractivity contribution in [2.75, 3.05) is 12.3 Å². The zero-order valence-electron chi connectivity index (χ0n) is 10.1. The van der Waals surface area contributed by atoms with Crippen molar-refractivity contribution in [3.63, 3.8) is 0 Å². The third-order valence-corrected chi connectivity index (χ3v) is 4.72. The number of aromatic nitrogens is 2. The van der Waals surface area contributed by atoms with E-state index in [4.69, 9.17) is 0 Å². The highest BCUT2D eigenvalue weighted by molar-refractivity contribution is 8.00. The molecule has 0 bridgehead atoms. The maximum Gasteiger partial charge on any atom is 0.109 e. The van der Waals surface area contributed by atoms with Gasteiger partial charge in [0.2, 0.25) is 0 Å². The molecule has 1 aliphatic heterocycles. The van der Waals surface area contributed by atoms with Crippen molar-refractivity contribution in [2.45, 2.75) is 37.5 Å². The van der Waals surface area contributed by atoms with E-state index < -0.39 is 0 Å². The first kappa shape index (κ1) is 12.0. The van der Waals surface area contributed by atoms with Crippen molar-refractivity contribution in [2.24, 2.45) is 7.05 Å². The van der Waals surface area contributed by atoms with Crippen LogP contribution in [0.5, 0.6) is 0 Å². The molecule has 2 atom stereocenters. The van der Waals surface area contributed by atoms with E-state index in [0.717, 1.165) is 18.2 Å². The van der Waals surface area contributed by atoms with Gasteiger partial charge in [0.15, 0.2) is 0 Å². The molecule has 1 N–H and O–H groups in total. The summed E-state index contributed by atoms with van der Waals surface area (Å²) in [6.45, 7) is 3.23. The molecule has 1 aromatic rings. The topological polar surface area (TPSA) is 29.9 Å². The van der Waals surface area contributed by atoms with Gasteiger partial charge in [-0.1, -0.05) is 6.92 Å². The van der Waals surface area contributed by atoms with Crippen LogP contribution in [0.25, 0.3) is 0 Å². The number of likely N-dealkylation sites (N-methyl/N-ethyl adjacent to an activating group) is 1. The van der Waals surface area contributed by atoms with Gasteiger partial charge in [-0.2, -0.15) is 11.8 Å². The van der Waals surface area contributed by atoms with Gasteiger partial charge in [0.05, 0.1) is 0 Å². The lowest BCUT2D eigenvalue weighted by Gasteiger charge is -2.23. The predicted octanol–water partition coefficient (Wildman–Crippen LogP) is 1.84. The summed E-state index contributed by atoms with van der Waals surface area (Å²) in [5, 5.41) is 4.39. The smallest absolute Gasteiger partial charge is 0.109 e. The molecule has 1 fully saturated rings. The zero-order valence-corrected chi connectivity index (χ0v) is 11.0. The van der Waals surface area contributed by atoms with Crippen LogP contribution in [0.3, 0.4) is 0 Å². The SMILES string of the molecule is CCNC(Cc1nccn1C)C1CCCS1. The van der Waals surface area contributed by atoms with E-state index >= 15 is 0 Å². The summed E-state index contributed by atoms with van der Waals surface area (Å²) in [5.74, 6) is 2.52. The summed E-state index contributed by atoms with van der Waals surface area (Å²) in [7, 11) is 2.08. The van der Waals surface area contributed by atoms with Gasteiger partial charge in [-0.15, -0.1) is 0 Å². The quantitative estimate of drug-likeness (QED) is 0.850. The van der Waals surface area contributed by atoms with Gasteiger partial charge in [0.1, 0.15) is 5.82 Å². The Morgan fingerprint density at radius 1 is 1.69 bits per heavy atom. The number of aryl methyl sites for hydroxylation is 1. The summed E-state index contributed by atoms with van der Waals surface area (Å²) < 4.78 is 2.13. The molecule has 2 unspecified atom stereocenters. The van der Waals surface area contributed by atoms with Crippen molar-refractivity contribution in [1.29, 1.82) is 0 Å². The molecule has 3 nitrogen and oxygen atoms in total. The lowest BCUT2D eigenvalue weighted by molar-refractivity contribution is 0.481. The second-order valence-corrected chi connectivity index (χ2v) is 5.72. The molecule has 1 saturated heterocycles. The van der Waals surface area contributed by atoms with Crippen LogP contribution in [-0.2, 0) is 13.5 Å². The summed E-state index contributed by atoms with van der Waals surface area (Å²) in [6.07, 6.45) is 7.69. The van der Waals surface area contributed by atoms with E-state index in [-0.39, 0.29) is 0 Å². The third kappa shape index (κ3) is 2.80.